The summed E-state index contributed by atoms with van der Waals surface area (Å²) in [5.74, 6) is -2.79. The van der Waals surface area contributed by atoms with E-state index in [1.54, 1.807) is 6.20 Å². The van der Waals surface area contributed by atoms with Gasteiger partial charge >= 0.3 is 11.9 Å². The zero-order valence-electron chi connectivity index (χ0n) is 12.6. The highest BCUT2D eigenvalue weighted by Crippen LogP contribution is 2.01. The highest BCUT2D eigenvalue weighted by Gasteiger charge is 2.24. The SMILES string of the molecule is CCCCC=CN[C@@H](CCC(=O)O)C(=O)N[C@@H](CS)C(=O)O. The number of nitrogens with one attached hydrogen (secondary N) is 2. The maximum atomic E-state index is 12.1. The van der Waals surface area contributed by atoms with Crippen LogP contribution < -0.4 is 10.6 Å². The van der Waals surface area contributed by atoms with Crippen molar-refractivity contribution in [3.63, 3.8) is 0 Å². The zero-order chi connectivity index (χ0) is 17.0. The average Bonchev–Trinajstić information content (AvgIpc) is 2.46. The van der Waals surface area contributed by atoms with Crippen molar-refractivity contribution in [3.8, 4) is 0 Å². The van der Waals surface area contributed by atoms with Crippen molar-refractivity contribution < 1.29 is 24.6 Å². The van der Waals surface area contributed by atoms with Crippen molar-refractivity contribution in [1.82, 2.24) is 10.6 Å². The lowest BCUT2D eigenvalue weighted by molar-refractivity contribution is -0.142. The van der Waals surface area contributed by atoms with Gasteiger partial charge in [-0.1, -0.05) is 25.8 Å². The van der Waals surface area contributed by atoms with E-state index < -0.39 is 29.9 Å². The first kappa shape index (κ1) is 20.3. The number of carboxylic acid groups (broad SMARTS) is 2. The summed E-state index contributed by atoms with van der Waals surface area (Å²) in [6, 6.07) is -1.90. The first-order valence-electron chi connectivity index (χ1n) is 7.19. The van der Waals surface area contributed by atoms with Gasteiger partial charge in [0.1, 0.15) is 12.1 Å². The van der Waals surface area contributed by atoms with Crippen molar-refractivity contribution in [1.29, 1.82) is 0 Å². The van der Waals surface area contributed by atoms with Crippen molar-refractivity contribution in [2.24, 2.45) is 0 Å². The fraction of sp³-hybridized carbons (Fsp3) is 0.643. The molecule has 0 saturated heterocycles. The molecule has 2 atom stereocenters. The van der Waals surface area contributed by atoms with Gasteiger partial charge in [0.25, 0.3) is 0 Å². The maximum Gasteiger partial charge on any atom is 0.327 e. The van der Waals surface area contributed by atoms with Crippen LogP contribution in [0, 0.1) is 0 Å². The molecule has 0 aliphatic carbocycles. The molecule has 0 fully saturated rings. The van der Waals surface area contributed by atoms with Gasteiger partial charge in [0.2, 0.25) is 5.91 Å². The number of aliphatic carboxylic acids is 2. The number of hydrogen-bond acceptors (Lipinski definition) is 5. The normalized spacial score (nSPS) is 13.5. The Labute approximate surface area is 135 Å². The van der Waals surface area contributed by atoms with Gasteiger partial charge in [0.15, 0.2) is 0 Å². The molecule has 4 N–H and O–H groups in total. The highest BCUT2D eigenvalue weighted by atomic mass is 32.1. The highest BCUT2D eigenvalue weighted by molar-refractivity contribution is 7.80. The molecule has 0 unspecified atom stereocenters. The molecule has 0 aromatic heterocycles. The lowest BCUT2D eigenvalue weighted by atomic mass is 10.1. The van der Waals surface area contributed by atoms with Crippen LogP contribution in [0.5, 0.6) is 0 Å². The lowest BCUT2D eigenvalue weighted by Crippen LogP contribution is -2.50. The number of allylic oxidation sites excluding steroid dienone is 1. The second kappa shape index (κ2) is 11.9. The molecule has 0 radical (unpaired) electrons. The Balaban J connectivity index is 4.60. The zero-order valence-corrected chi connectivity index (χ0v) is 13.5. The quantitative estimate of drug-likeness (QED) is 0.269. The lowest BCUT2D eigenvalue weighted by Gasteiger charge is -2.19. The van der Waals surface area contributed by atoms with E-state index in [0.717, 1.165) is 19.3 Å². The Morgan fingerprint density at radius 2 is 1.91 bits per heavy atom. The number of carbonyl (C=O) groups excluding carboxylic acids is 1. The first-order valence-corrected chi connectivity index (χ1v) is 7.82. The van der Waals surface area contributed by atoms with E-state index in [0.29, 0.717) is 0 Å². The Hall–Kier alpha value is -1.70. The summed E-state index contributed by atoms with van der Waals surface area (Å²) in [4.78, 5) is 33.6. The van der Waals surface area contributed by atoms with Gasteiger partial charge in [-0.15, -0.1) is 0 Å². The van der Waals surface area contributed by atoms with Crippen LogP contribution in [-0.4, -0.2) is 45.9 Å². The smallest absolute Gasteiger partial charge is 0.327 e. The Bertz CT molecular complexity index is 401. The molecule has 0 rings (SSSR count). The molecule has 0 saturated carbocycles. The van der Waals surface area contributed by atoms with Crippen LogP contribution in [0.4, 0.5) is 0 Å². The fourth-order valence-corrected chi connectivity index (χ4v) is 1.85. The van der Waals surface area contributed by atoms with E-state index >= 15 is 0 Å². The van der Waals surface area contributed by atoms with Crippen molar-refractivity contribution in [2.75, 3.05) is 5.75 Å². The first-order chi connectivity index (χ1) is 10.4. The second-order valence-electron chi connectivity index (χ2n) is 4.78. The van der Waals surface area contributed by atoms with Crippen LogP contribution in [0.3, 0.4) is 0 Å². The van der Waals surface area contributed by atoms with Crippen LogP contribution in [0.2, 0.25) is 0 Å². The van der Waals surface area contributed by atoms with Crippen molar-refractivity contribution in [3.05, 3.63) is 12.3 Å². The molecule has 0 spiro atoms. The number of unbranched alkanes of at least 4 members (excludes halogenated alkanes) is 2. The van der Waals surface area contributed by atoms with E-state index in [4.69, 9.17) is 10.2 Å². The summed E-state index contributed by atoms with van der Waals surface area (Å²) >= 11 is 3.87. The van der Waals surface area contributed by atoms with Gasteiger partial charge in [-0.3, -0.25) is 9.59 Å². The van der Waals surface area contributed by atoms with Crippen LogP contribution in [0.1, 0.15) is 39.0 Å². The minimum Gasteiger partial charge on any atom is -0.481 e. The molecule has 0 heterocycles. The molecule has 0 bridgehead atoms. The van der Waals surface area contributed by atoms with E-state index in [9.17, 15) is 14.4 Å². The summed E-state index contributed by atoms with van der Waals surface area (Å²) in [5.41, 5.74) is 0. The number of rotatable bonds is 12. The molecule has 7 nitrogen and oxygen atoms in total. The van der Waals surface area contributed by atoms with Crippen LogP contribution in [-0.2, 0) is 14.4 Å². The predicted octanol–water partition coefficient (Wildman–Crippen LogP) is 1.01. The number of hydrogen-bond donors (Lipinski definition) is 5. The molecule has 0 aromatic carbocycles. The number of carbonyl (C=O) groups is 3. The number of thiol groups is 1. The van der Waals surface area contributed by atoms with Crippen LogP contribution in [0.15, 0.2) is 12.3 Å². The summed E-state index contributed by atoms with van der Waals surface area (Å²) in [6.07, 6.45) is 6.27. The Morgan fingerprint density at radius 3 is 2.41 bits per heavy atom. The molecule has 126 valence electrons. The third kappa shape index (κ3) is 9.28. The molecular formula is C14H24N2O5S. The topological polar surface area (TPSA) is 116 Å². The van der Waals surface area contributed by atoms with E-state index in [1.165, 1.54) is 0 Å². The minimum atomic E-state index is -1.18. The second-order valence-corrected chi connectivity index (χ2v) is 5.14. The van der Waals surface area contributed by atoms with Gasteiger partial charge in [-0.25, -0.2) is 4.79 Å². The van der Waals surface area contributed by atoms with Gasteiger partial charge in [-0.2, -0.15) is 12.6 Å². The summed E-state index contributed by atoms with van der Waals surface area (Å²) in [6.45, 7) is 2.06. The largest absolute Gasteiger partial charge is 0.481 e. The van der Waals surface area contributed by atoms with Crippen LogP contribution >= 0.6 is 12.6 Å². The van der Waals surface area contributed by atoms with Crippen molar-refractivity contribution in [2.45, 2.75) is 51.1 Å². The summed E-state index contributed by atoms with van der Waals surface area (Å²) < 4.78 is 0. The number of amides is 1. The van der Waals surface area contributed by atoms with E-state index in [2.05, 4.69) is 30.2 Å². The third-order valence-electron chi connectivity index (χ3n) is 2.90. The number of carboxylic acids is 2. The minimum absolute atomic E-state index is 0.0426. The van der Waals surface area contributed by atoms with Gasteiger partial charge in [-0.05, 0) is 19.0 Å². The monoisotopic (exact) mass is 332 g/mol. The van der Waals surface area contributed by atoms with E-state index in [-0.39, 0.29) is 18.6 Å². The van der Waals surface area contributed by atoms with E-state index in [1.807, 2.05) is 6.08 Å². The van der Waals surface area contributed by atoms with Crippen molar-refractivity contribution >= 4 is 30.5 Å². The summed E-state index contributed by atoms with van der Waals surface area (Å²) in [5, 5.41) is 22.8. The Morgan fingerprint density at radius 1 is 1.23 bits per heavy atom. The predicted molar refractivity (Wildman–Crippen MR) is 85.9 cm³/mol. The maximum absolute atomic E-state index is 12.1. The fourth-order valence-electron chi connectivity index (χ4n) is 1.61. The molecule has 1 amide bonds. The molecular weight excluding hydrogens is 308 g/mol. The van der Waals surface area contributed by atoms with Gasteiger partial charge < -0.3 is 20.8 Å². The molecule has 8 heteroatoms. The molecule has 22 heavy (non-hydrogen) atoms. The summed E-state index contributed by atoms with van der Waals surface area (Å²) in [7, 11) is 0. The molecule has 0 aliphatic heterocycles. The average molecular weight is 332 g/mol. The Kier molecular flexibility index (Phi) is 11.0. The standard InChI is InChI=1S/C14H24N2O5S/c1-2-3-4-5-8-15-10(6-7-12(17)18)13(19)16-11(9-22)14(20)21/h5,8,10-11,15,22H,2-4,6-7,9H2,1H3,(H,16,19)(H,17,18)(H,20,21)/t10-,11-/m0/s1. The van der Waals surface area contributed by atoms with Gasteiger partial charge in [0.05, 0.1) is 0 Å². The third-order valence-corrected chi connectivity index (χ3v) is 3.27. The van der Waals surface area contributed by atoms with Gasteiger partial charge in [0, 0.05) is 12.2 Å². The molecule has 0 aliphatic rings. The molecule has 0 aromatic rings. The van der Waals surface area contributed by atoms with Crippen LogP contribution in [0.25, 0.3) is 0 Å².